The highest BCUT2D eigenvalue weighted by atomic mass is 32.1. The number of para-hydroxylation sites is 1. The highest BCUT2D eigenvalue weighted by molar-refractivity contribution is 7.19. The second-order valence-corrected chi connectivity index (χ2v) is 10.5. The smallest absolute Gasteiger partial charge is 0.262 e. The Morgan fingerprint density at radius 1 is 0.886 bits per heavy atom. The van der Waals surface area contributed by atoms with E-state index in [0.29, 0.717) is 5.13 Å². The van der Waals surface area contributed by atoms with Crippen molar-refractivity contribution in [1.82, 2.24) is 4.98 Å². The number of unbranched alkanes of at least 4 members (excludes halogenated alkanes) is 3. The number of hydrogen-bond acceptors (Lipinski definition) is 6. The number of nitrogens with zero attached hydrogens (tertiary/aromatic N) is 5. The van der Waals surface area contributed by atoms with Crippen LogP contribution in [0.2, 0.25) is 0 Å². The van der Waals surface area contributed by atoms with Gasteiger partial charge in [0.15, 0.2) is 6.54 Å². The zero-order valence-corrected chi connectivity index (χ0v) is 22.5. The number of hydrogen-bond donors (Lipinski definition) is 0. The molecule has 0 fully saturated rings. The third-order valence-corrected chi connectivity index (χ3v) is 7.98. The minimum absolute atomic E-state index is 0.668. The van der Waals surface area contributed by atoms with E-state index in [4.69, 9.17) is 0 Å². The molecule has 0 saturated carbocycles. The molecule has 0 amide bonds. The van der Waals surface area contributed by atoms with Gasteiger partial charge in [-0.25, -0.2) is 4.98 Å². The molecule has 35 heavy (non-hydrogen) atoms. The molecule has 0 saturated heterocycles. The van der Waals surface area contributed by atoms with E-state index in [1.54, 1.807) is 11.3 Å². The summed E-state index contributed by atoms with van der Waals surface area (Å²) in [5.74, 6) is 0. The van der Waals surface area contributed by atoms with Crippen LogP contribution in [0.1, 0.15) is 56.3 Å². The third kappa shape index (κ3) is 6.61. The van der Waals surface area contributed by atoms with Crippen LogP contribution in [0.15, 0.2) is 65.0 Å². The molecule has 0 aliphatic rings. The number of benzene rings is 2. The van der Waals surface area contributed by atoms with Gasteiger partial charge in [0, 0.05) is 48.4 Å². The highest BCUT2D eigenvalue weighted by Crippen LogP contribution is 2.27. The molecule has 0 bridgehead atoms. The molecule has 0 aliphatic heterocycles. The van der Waals surface area contributed by atoms with Gasteiger partial charge < -0.3 is 4.90 Å². The average molecular weight is 505 g/mol. The summed E-state index contributed by atoms with van der Waals surface area (Å²) in [5.41, 5.74) is 3.36. The van der Waals surface area contributed by atoms with E-state index < -0.39 is 0 Å². The van der Waals surface area contributed by atoms with E-state index in [9.17, 15) is 0 Å². The molecule has 2 aromatic heterocycles. The number of aromatic nitrogens is 2. The van der Waals surface area contributed by atoms with Gasteiger partial charge in [-0.3, -0.25) is 0 Å². The molecule has 0 N–H and O–H groups in total. The van der Waals surface area contributed by atoms with Crippen LogP contribution >= 0.6 is 22.7 Å². The van der Waals surface area contributed by atoms with Gasteiger partial charge in [0.1, 0.15) is 4.70 Å². The molecule has 0 spiro atoms. The van der Waals surface area contributed by atoms with Gasteiger partial charge in [-0.05, 0) is 56.7 Å². The average Bonchev–Trinajstić information content (AvgIpc) is 3.50. The molecule has 7 heteroatoms. The van der Waals surface area contributed by atoms with E-state index in [2.05, 4.69) is 94.0 Å². The Morgan fingerprint density at radius 2 is 1.69 bits per heavy atom. The lowest BCUT2D eigenvalue weighted by molar-refractivity contribution is -0.669. The fourth-order valence-corrected chi connectivity index (χ4v) is 5.81. The van der Waals surface area contributed by atoms with Crippen LogP contribution in [0.3, 0.4) is 0 Å². The highest BCUT2D eigenvalue weighted by Gasteiger charge is 2.17. The van der Waals surface area contributed by atoms with Crippen molar-refractivity contribution < 1.29 is 4.57 Å². The van der Waals surface area contributed by atoms with Crippen molar-refractivity contribution in [2.75, 3.05) is 18.0 Å². The molecule has 2 aromatic carbocycles. The lowest BCUT2D eigenvalue weighted by Gasteiger charge is -2.20. The van der Waals surface area contributed by atoms with Crippen molar-refractivity contribution in [1.29, 1.82) is 0 Å². The van der Waals surface area contributed by atoms with Crippen molar-refractivity contribution in [3.8, 4) is 0 Å². The standard InChI is InChI=1S/C28H34N5S2/c1-4-7-8-11-20-33-25-12-9-10-13-26(25)35-27(33)19-18-24-21-29-28(34-24)31-30-22-14-16-23(17-15-22)32(5-2)6-3/h9-10,12-19,21H,4-8,11,20H2,1-3H3/q+1. The number of thiazole rings is 2. The molecule has 0 aliphatic carbocycles. The lowest BCUT2D eigenvalue weighted by Crippen LogP contribution is -2.34. The minimum Gasteiger partial charge on any atom is -0.372 e. The molecule has 0 radical (unpaired) electrons. The Hall–Kier alpha value is -2.90. The van der Waals surface area contributed by atoms with Gasteiger partial charge in [-0.15, -0.1) is 10.2 Å². The summed E-state index contributed by atoms with van der Waals surface area (Å²) in [4.78, 5) is 7.83. The van der Waals surface area contributed by atoms with Crippen LogP contribution in [0.25, 0.3) is 22.4 Å². The predicted molar refractivity (Wildman–Crippen MR) is 151 cm³/mol. The summed E-state index contributed by atoms with van der Waals surface area (Å²) < 4.78 is 3.78. The van der Waals surface area contributed by atoms with Crippen molar-refractivity contribution in [2.24, 2.45) is 10.2 Å². The summed E-state index contributed by atoms with van der Waals surface area (Å²) in [6.45, 7) is 9.63. The van der Waals surface area contributed by atoms with Gasteiger partial charge >= 0.3 is 0 Å². The third-order valence-electron chi connectivity index (χ3n) is 6.00. The predicted octanol–water partition coefficient (Wildman–Crippen LogP) is 8.66. The molecule has 2 heterocycles. The summed E-state index contributed by atoms with van der Waals surface area (Å²) >= 11 is 3.40. The van der Waals surface area contributed by atoms with Crippen LogP contribution in [-0.4, -0.2) is 18.1 Å². The molecule has 4 rings (SSSR count). The topological polar surface area (TPSA) is 44.7 Å². The van der Waals surface area contributed by atoms with Crippen molar-refractivity contribution >= 4 is 61.5 Å². The van der Waals surface area contributed by atoms with Crippen molar-refractivity contribution in [3.63, 3.8) is 0 Å². The Labute approximate surface area is 216 Å². The van der Waals surface area contributed by atoms with Crippen LogP contribution in [-0.2, 0) is 6.54 Å². The number of anilines is 1. The molecular weight excluding hydrogens is 470 g/mol. The Morgan fingerprint density at radius 3 is 2.46 bits per heavy atom. The van der Waals surface area contributed by atoms with Gasteiger partial charge in [0.25, 0.3) is 5.01 Å². The Balaban J connectivity index is 1.45. The van der Waals surface area contributed by atoms with Gasteiger partial charge in [0.05, 0.1) is 5.69 Å². The SMILES string of the molecule is CCCCCC[n+]1c(/C=C/c2cnc(N=Nc3ccc(N(CC)CC)cc3)s2)sc2ccccc21. The second-order valence-electron chi connectivity index (χ2n) is 8.39. The number of fused-ring (bicyclic) bond motifs is 1. The summed E-state index contributed by atoms with van der Waals surface area (Å²) in [6, 6.07) is 16.9. The maximum Gasteiger partial charge on any atom is 0.262 e. The van der Waals surface area contributed by atoms with E-state index in [1.807, 2.05) is 29.7 Å². The maximum atomic E-state index is 4.45. The summed E-state index contributed by atoms with van der Waals surface area (Å²) in [6.07, 6.45) is 11.3. The van der Waals surface area contributed by atoms with Crippen LogP contribution < -0.4 is 9.47 Å². The fourth-order valence-electron chi connectivity index (χ4n) is 4.08. The van der Waals surface area contributed by atoms with Gasteiger partial charge in [-0.2, -0.15) is 4.57 Å². The van der Waals surface area contributed by atoms with Crippen LogP contribution in [0.5, 0.6) is 0 Å². The first kappa shape index (κ1) is 25.2. The summed E-state index contributed by atoms with van der Waals surface area (Å²) in [7, 11) is 0. The quantitative estimate of drug-likeness (QED) is 0.110. The molecule has 182 valence electrons. The zero-order chi connectivity index (χ0) is 24.5. The lowest BCUT2D eigenvalue weighted by atomic mass is 10.2. The molecule has 0 atom stereocenters. The number of rotatable bonds is 12. The molecule has 4 aromatic rings. The minimum atomic E-state index is 0.668. The monoisotopic (exact) mass is 504 g/mol. The summed E-state index contributed by atoms with van der Waals surface area (Å²) in [5, 5.41) is 10.7. The van der Waals surface area contributed by atoms with Crippen molar-refractivity contribution in [3.05, 3.63) is 64.6 Å². The van der Waals surface area contributed by atoms with Crippen LogP contribution in [0.4, 0.5) is 16.5 Å². The molecular formula is C28H34N5S2+. The van der Waals surface area contributed by atoms with E-state index in [1.165, 1.54) is 46.6 Å². The first-order valence-electron chi connectivity index (χ1n) is 12.5. The first-order chi connectivity index (χ1) is 17.2. The van der Waals surface area contributed by atoms with Crippen molar-refractivity contribution in [2.45, 2.75) is 53.0 Å². The fraction of sp³-hybridized carbons (Fsp3) is 0.357. The number of azo groups is 1. The Kier molecular flexibility index (Phi) is 9.15. The van der Waals surface area contributed by atoms with Crippen LogP contribution in [0, 0.1) is 0 Å². The van der Waals surface area contributed by atoms with Gasteiger partial charge in [-0.1, -0.05) is 54.6 Å². The zero-order valence-electron chi connectivity index (χ0n) is 20.9. The first-order valence-corrected chi connectivity index (χ1v) is 14.2. The normalized spacial score (nSPS) is 11.9. The van der Waals surface area contributed by atoms with E-state index in [0.717, 1.165) is 30.2 Å². The maximum absolute atomic E-state index is 4.45. The van der Waals surface area contributed by atoms with Gasteiger partial charge in [0.2, 0.25) is 10.6 Å². The largest absolute Gasteiger partial charge is 0.372 e. The van der Waals surface area contributed by atoms with E-state index in [-0.39, 0.29) is 0 Å². The Bertz CT molecular complexity index is 1270. The number of aryl methyl sites for hydroxylation is 1. The molecule has 0 unspecified atom stereocenters. The van der Waals surface area contributed by atoms with E-state index >= 15 is 0 Å². The second kappa shape index (κ2) is 12.7. The molecule has 5 nitrogen and oxygen atoms in total.